The molecular formula is C16H14ClN3O. The van der Waals surface area contributed by atoms with E-state index in [0.29, 0.717) is 17.4 Å². The molecule has 0 fully saturated rings. The van der Waals surface area contributed by atoms with Crippen LogP contribution in [0.25, 0.3) is 10.9 Å². The van der Waals surface area contributed by atoms with Crippen molar-refractivity contribution in [1.29, 1.82) is 0 Å². The van der Waals surface area contributed by atoms with Gasteiger partial charge in [0.15, 0.2) is 0 Å². The van der Waals surface area contributed by atoms with Crippen molar-refractivity contribution in [1.82, 2.24) is 15.3 Å². The molecule has 0 atom stereocenters. The zero-order chi connectivity index (χ0) is 14.7. The fourth-order valence-corrected chi connectivity index (χ4v) is 2.44. The number of aromatic amines is 1. The van der Waals surface area contributed by atoms with Crippen LogP contribution in [-0.4, -0.2) is 22.4 Å². The Morgan fingerprint density at radius 1 is 1.19 bits per heavy atom. The number of pyridine rings is 1. The third-order valence-corrected chi connectivity index (χ3v) is 3.51. The summed E-state index contributed by atoms with van der Waals surface area (Å²) in [5, 5.41) is 4.36. The molecular weight excluding hydrogens is 286 g/mol. The van der Waals surface area contributed by atoms with Gasteiger partial charge in [-0.1, -0.05) is 35.9 Å². The molecule has 0 saturated carbocycles. The van der Waals surface area contributed by atoms with Gasteiger partial charge in [0.25, 0.3) is 5.91 Å². The molecule has 5 heteroatoms. The molecule has 0 radical (unpaired) electrons. The molecule has 21 heavy (non-hydrogen) atoms. The maximum absolute atomic E-state index is 11.9. The maximum Gasteiger partial charge on any atom is 0.269 e. The van der Waals surface area contributed by atoms with Crippen molar-refractivity contribution in [2.75, 3.05) is 6.54 Å². The number of benzene rings is 1. The first-order chi connectivity index (χ1) is 10.2. The number of aromatic nitrogens is 2. The summed E-state index contributed by atoms with van der Waals surface area (Å²) in [5.74, 6) is -0.211. The van der Waals surface area contributed by atoms with Crippen LogP contribution in [0.2, 0.25) is 5.15 Å². The Morgan fingerprint density at radius 2 is 2.05 bits per heavy atom. The van der Waals surface area contributed by atoms with Gasteiger partial charge in [-0.3, -0.25) is 4.79 Å². The summed E-state index contributed by atoms with van der Waals surface area (Å²) in [7, 11) is 0. The van der Waals surface area contributed by atoms with E-state index in [-0.39, 0.29) is 5.91 Å². The predicted molar refractivity (Wildman–Crippen MR) is 83.6 cm³/mol. The fourth-order valence-electron chi connectivity index (χ4n) is 2.27. The second kappa shape index (κ2) is 5.97. The van der Waals surface area contributed by atoms with Crippen molar-refractivity contribution < 1.29 is 4.79 Å². The smallest absolute Gasteiger partial charge is 0.269 e. The molecule has 0 unspecified atom stereocenters. The summed E-state index contributed by atoms with van der Waals surface area (Å²) >= 11 is 5.77. The number of nitrogens with zero attached hydrogens (tertiary/aromatic N) is 1. The number of carbonyl (C=O) groups excluding carboxylic acids is 1. The lowest BCUT2D eigenvalue weighted by Gasteiger charge is -2.04. The molecule has 1 aromatic carbocycles. The molecule has 0 bridgehead atoms. The number of hydrogen-bond acceptors (Lipinski definition) is 2. The summed E-state index contributed by atoms with van der Waals surface area (Å²) < 4.78 is 0. The third-order valence-electron chi connectivity index (χ3n) is 3.30. The van der Waals surface area contributed by atoms with Crippen molar-refractivity contribution in [3.8, 4) is 0 Å². The number of carbonyl (C=O) groups is 1. The highest BCUT2D eigenvalue weighted by Crippen LogP contribution is 2.17. The Bertz CT molecular complexity index is 782. The zero-order valence-electron chi connectivity index (χ0n) is 11.3. The fraction of sp³-hybridized carbons (Fsp3) is 0.125. The molecule has 2 N–H and O–H groups in total. The average molecular weight is 300 g/mol. The molecule has 0 spiro atoms. The summed E-state index contributed by atoms with van der Waals surface area (Å²) in [6.45, 7) is 0.550. The first kappa shape index (κ1) is 13.6. The van der Waals surface area contributed by atoms with Crippen LogP contribution < -0.4 is 5.32 Å². The van der Waals surface area contributed by atoms with Gasteiger partial charge in [0.2, 0.25) is 0 Å². The Balaban J connectivity index is 1.62. The van der Waals surface area contributed by atoms with Crippen LogP contribution in [0.4, 0.5) is 0 Å². The van der Waals surface area contributed by atoms with Crippen LogP contribution >= 0.6 is 11.6 Å². The maximum atomic E-state index is 11.9. The lowest BCUT2D eigenvalue weighted by Crippen LogP contribution is -2.26. The van der Waals surface area contributed by atoms with Gasteiger partial charge in [-0.05, 0) is 30.2 Å². The minimum absolute atomic E-state index is 0.211. The van der Waals surface area contributed by atoms with E-state index in [1.165, 1.54) is 10.9 Å². The van der Waals surface area contributed by atoms with Crippen LogP contribution in [0.3, 0.4) is 0 Å². The van der Waals surface area contributed by atoms with Gasteiger partial charge in [-0.25, -0.2) is 4.98 Å². The lowest BCUT2D eigenvalue weighted by atomic mass is 10.1. The van der Waals surface area contributed by atoms with E-state index in [1.54, 1.807) is 18.2 Å². The molecule has 2 heterocycles. The second-order valence-corrected chi connectivity index (χ2v) is 5.10. The molecule has 3 aromatic rings. The Hall–Kier alpha value is -2.33. The molecule has 4 nitrogen and oxygen atoms in total. The Kier molecular flexibility index (Phi) is 3.88. The van der Waals surface area contributed by atoms with E-state index in [0.717, 1.165) is 11.9 Å². The van der Waals surface area contributed by atoms with Crippen LogP contribution in [-0.2, 0) is 6.42 Å². The second-order valence-electron chi connectivity index (χ2n) is 4.71. The first-order valence-corrected chi connectivity index (χ1v) is 7.07. The van der Waals surface area contributed by atoms with Crippen molar-refractivity contribution in [2.24, 2.45) is 0 Å². The van der Waals surface area contributed by atoms with Crippen LogP contribution in [0, 0.1) is 0 Å². The highest BCUT2D eigenvalue weighted by molar-refractivity contribution is 6.29. The van der Waals surface area contributed by atoms with Gasteiger partial charge in [0.1, 0.15) is 10.8 Å². The van der Waals surface area contributed by atoms with Gasteiger partial charge in [0, 0.05) is 23.6 Å². The number of para-hydroxylation sites is 1. The number of H-pyrrole nitrogens is 1. The number of fused-ring (bicyclic) bond motifs is 1. The molecule has 0 aliphatic carbocycles. The molecule has 0 aliphatic heterocycles. The molecule has 1 amide bonds. The molecule has 106 valence electrons. The first-order valence-electron chi connectivity index (χ1n) is 6.70. The summed E-state index contributed by atoms with van der Waals surface area (Å²) in [6, 6.07) is 13.1. The van der Waals surface area contributed by atoms with Crippen LogP contribution in [0.5, 0.6) is 0 Å². The van der Waals surface area contributed by atoms with E-state index in [9.17, 15) is 4.79 Å². The minimum Gasteiger partial charge on any atom is -0.361 e. The highest BCUT2D eigenvalue weighted by atomic mass is 35.5. The van der Waals surface area contributed by atoms with Gasteiger partial charge in [-0.2, -0.15) is 0 Å². The van der Waals surface area contributed by atoms with E-state index < -0.39 is 0 Å². The minimum atomic E-state index is -0.211. The topological polar surface area (TPSA) is 57.8 Å². The number of halogens is 1. The highest BCUT2D eigenvalue weighted by Gasteiger charge is 2.08. The van der Waals surface area contributed by atoms with Crippen LogP contribution in [0.1, 0.15) is 16.1 Å². The van der Waals surface area contributed by atoms with E-state index in [1.807, 2.05) is 24.4 Å². The molecule has 3 rings (SSSR count). The van der Waals surface area contributed by atoms with Crippen molar-refractivity contribution in [3.05, 3.63) is 65.1 Å². The number of amides is 1. The molecule has 0 saturated heterocycles. The summed E-state index contributed by atoms with van der Waals surface area (Å²) in [6.07, 6.45) is 2.74. The number of nitrogens with one attached hydrogen (secondary N) is 2. The normalized spacial score (nSPS) is 10.7. The largest absolute Gasteiger partial charge is 0.361 e. The lowest BCUT2D eigenvalue weighted by molar-refractivity contribution is 0.0949. The van der Waals surface area contributed by atoms with E-state index >= 15 is 0 Å². The summed E-state index contributed by atoms with van der Waals surface area (Å²) in [4.78, 5) is 19.2. The Morgan fingerprint density at radius 3 is 2.90 bits per heavy atom. The van der Waals surface area contributed by atoms with Crippen molar-refractivity contribution in [3.63, 3.8) is 0 Å². The summed E-state index contributed by atoms with van der Waals surface area (Å²) in [5.41, 5.74) is 2.63. The van der Waals surface area contributed by atoms with Crippen molar-refractivity contribution >= 4 is 28.4 Å². The molecule has 2 aromatic heterocycles. The predicted octanol–water partition coefficient (Wildman–Crippen LogP) is 3.19. The third kappa shape index (κ3) is 3.06. The van der Waals surface area contributed by atoms with Gasteiger partial charge in [0.05, 0.1) is 0 Å². The monoisotopic (exact) mass is 299 g/mol. The quantitative estimate of drug-likeness (QED) is 0.727. The van der Waals surface area contributed by atoms with Crippen molar-refractivity contribution in [2.45, 2.75) is 6.42 Å². The number of rotatable bonds is 4. The standard InChI is InChI=1S/C16H14ClN3O/c17-15-7-3-6-14(20-15)16(21)18-9-8-11-10-19-13-5-2-1-4-12(11)13/h1-7,10,19H,8-9H2,(H,18,21). The van der Waals surface area contributed by atoms with Gasteiger partial charge >= 0.3 is 0 Å². The number of hydrogen-bond donors (Lipinski definition) is 2. The van der Waals surface area contributed by atoms with Gasteiger partial charge in [-0.15, -0.1) is 0 Å². The Labute approximate surface area is 127 Å². The zero-order valence-corrected chi connectivity index (χ0v) is 12.0. The van der Waals surface area contributed by atoms with E-state index in [4.69, 9.17) is 11.6 Å². The van der Waals surface area contributed by atoms with Gasteiger partial charge < -0.3 is 10.3 Å². The molecule has 0 aliphatic rings. The van der Waals surface area contributed by atoms with E-state index in [2.05, 4.69) is 21.4 Å². The SMILES string of the molecule is O=C(NCCc1c[nH]c2ccccc12)c1cccc(Cl)n1. The average Bonchev–Trinajstić information content (AvgIpc) is 2.91. The van der Waals surface area contributed by atoms with Crippen LogP contribution in [0.15, 0.2) is 48.7 Å².